The van der Waals surface area contributed by atoms with Crippen LogP contribution in [0.3, 0.4) is 0 Å². The molecular formula is C19H21N3O4S. The van der Waals surface area contributed by atoms with Crippen molar-refractivity contribution >= 4 is 28.0 Å². The van der Waals surface area contributed by atoms with E-state index in [1.54, 1.807) is 46.2 Å². The molecule has 27 heavy (non-hydrogen) atoms. The van der Waals surface area contributed by atoms with Gasteiger partial charge in [0.15, 0.2) is 0 Å². The van der Waals surface area contributed by atoms with E-state index in [1.165, 1.54) is 23.5 Å². The molecule has 0 bridgehead atoms. The number of nitrogens with zero attached hydrogens (tertiary/aromatic N) is 3. The van der Waals surface area contributed by atoms with Gasteiger partial charge in [-0.05, 0) is 30.3 Å². The summed E-state index contributed by atoms with van der Waals surface area (Å²) in [6, 6.07) is 14.8. The molecule has 3 rings (SSSR count). The molecule has 7 nitrogen and oxygen atoms in total. The Hall–Kier alpha value is -2.87. The first kappa shape index (κ1) is 18.9. The zero-order valence-corrected chi connectivity index (χ0v) is 15.8. The number of amides is 2. The van der Waals surface area contributed by atoms with Crippen molar-refractivity contribution in [2.75, 3.05) is 37.5 Å². The third-order valence-electron chi connectivity index (χ3n) is 4.61. The Morgan fingerprint density at radius 2 is 1.67 bits per heavy atom. The number of hydrogen-bond acceptors (Lipinski definition) is 4. The smallest absolute Gasteiger partial charge is 0.264 e. The maximum absolute atomic E-state index is 12.9. The van der Waals surface area contributed by atoms with Crippen molar-refractivity contribution in [3.63, 3.8) is 0 Å². The van der Waals surface area contributed by atoms with Gasteiger partial charge in [-0.25, -0.2) is 8.42 Å². The van der Waals surface area contributed by atoms with Crippen molar-refractivity contribution in [3.05, 3.63) is 60.2 Å². The van der Waals surface area contributed by atoms with Gasteiger partial charge < -0.3 is 9.80 Å². The zero-order chi connectivity index (χ0) is 19.4. The average Bonchev–Trinajstić information content (AvgIpc) is 2.73. The van der Waals surface area contributed by atoms with Gasteiger partial charge in [-0.15, -0.1) is 0 Å². The van der Waals surface area contributed by atoms with Crippen LogP contribution >= 0.6 is 0 Å². The lowest BCUT2D eigenvalue weighted by Gasteiger charge is -2.32. The highest BCUT2D eigenvalue weighted by Crippen LogP contribution is 2.22. The molecule has 0 spiro atoms. The van der Waals surface area contributed by atoms with Crippen LogP contribution < -0.4 is 4.31 Å². The number of hydrogen-bond donors (Lipinski definition) is 0. The third-order valence-corrected chi connectivity index (χ3v) is 6.39. The Morgan fingerprint density at radius 3 is 2.30 bits per heavy atom. The van der Waals surface area contributed by atoms with Gasteiger partial charge in [0.2, 0.25) is 6.41 Å². The summed E-state index contributed by atoms with van der Waals surface area (Å²) in [4.78, 5) is 26.8. The number of sulfonamides is 1. The van der Waals surface area contributed by atoms with Gasteiger partial charge in [0.1, 0.15) is 0 Å². The van der Waals surface area contributed by atoms with Gasteiger partial charge in [0, 0.05) is 38.8 Å². The van der Waals surface area contributed by atoms with Gasteiger partial charge in [-0.3, -0.25) is 13.9 Å². The molecule has 0 N–H and O–H groups in total. The van der Waals surface area contributed by atoms with E-state index in [1.807, 2.05) is 6.07 Å². The van der Waals surface area contributed by atoms with Crippen LogP contribution in [-0.4, -0.2) is 63.8 Å². The Kier molecular flexibility index (Phi) is 5.46. The lowest BCUT2D eigenvalue weighted by atomic mass is 10.2. The molecule has 2 amide bonds. The van der Waals surface area contributed by atoms with Crippen molar-refractivity contribution in [2.45, 2.75) is 4.90 Å². The van der Waals surface area contributed by atoms with Crippen molar-refractivity contribution in [1.29, 1.82) is 0 Å². The summed E-state index contributed by atoms with van der Waals surface area (Å²) in [5, 5.41) is 0. The van der Waals surface area contributed by atoms with Crippen LogP contribution in [0, 0.1) is 0 Å². The lowest BCUT2D eigenvalue weighted by molar-refractivity contribution is -0.119. The van der Waals surface area contributed by atoms with E-state index in [9.17, 15) is 18.0 Å². The molecule has 0 aliphatic carbocycles. The molecule has 1 saturated heterocycles. The minimum absolute atomic E-state index is 0.0613. The Bertz CT molecular complexity index is 923. The second-order valence-corrected chi connectivity index (χ2v) is 8.24. The molecule has 0 saturated carbocycles. The molecule has 1 fully saturated rings. The summed E-state index contributed by atoms with van der Waals surface area (Å²) < 4.78 is 27.0. The van der Waals surface area contributed by atoms with Gasteiger partial charge in [-0.1, -0.05) is 24.3 Å². The molecule has 1 heterocycles. The second-order valence-electron chi connectivity index (χ2n) is 6.27. The highest BCUT2D eigenvalue weighted by Gasteiger charge is 2.25. The molecule has 2 aromatic carbocycles. The Morgan fingerprint density at radius 1 is 1.00 bits per heavy atom. The molecular weight excluding hydrogens is 366 g/mol. The van der Waals surface area contributed by atoms with Gasteiger partial charge in [0.25, 0.3) is 15.9 Å². The van der Waals surface area contributed by atoms with Crippen LogP contribution in [0.25, 0.3) is 0 Å². The highest BCUT2D eigenvalue weighted by atomic mass is 32.2. The van der Waals surface area contributed by atoms with E-state index in [0.29, 0.717) is 37.4 Å². The van der Waals surface area contributed by atoms with Crippen molar-refractivity contribution in [3.8, 4) is 0 Å². The number of anilines is 1. The highest BCUT2D eigenvalue weighted by molar-refractivity contribution is 7.92. The van der Waals surface area contributed by atoms with Crippen LogP contribution in [0.1, 0.15) is 10.4 Å². The maximum atomic E-state index is 12.9. The normalized spacial score (nSPS) is 14.7. The molecule has 0 radical (unpaired) electrons. The van der Waals surface area contributed by atoms with Crippen LogP contribution in [0.2, 0.25) is 0 Å². The first-order valence-corrected chi connectivity index (χ1v) is 10.00. The number of carbonyl (C=O) groups excluding carboxylic acids is 2. The standard InChI is InChI=1S/C19H21N3O4S/c1-20(17-7-3-2-4-8-17)27(25,26)18-9-5-6-16(14-18)19(24)22-12-10-21(15-23)11-13-22/h2-9,14-15H,10-13H2,1H3. The summed E-state index contributed by atoms with van der Waals surface area (Å²) >= 11 is 0. The zero-order valence-electron chi connectivity index (χ0n) is 15.0. The van der Waals surface area contributed by atoms with E-state index >= 15 is 0 Å². The minimum Gasteiger partial charge on any atom is -0.342 e. The van der Waals surface area contributed by atoms with Crippen LogP contribution in [0.4, 0.5) is 5.69 Å². The van der Waals surface area contributed by atoms with Gasteiger partial charge >= 0.3 is 0 Å². The quantitative estimate of drug-likeness (QED) is 0.727. The van der Waals surface area contributed by atoms with Crippen LogP contribution in [0.15, 0.2) is 59.5 Å². The fraction of sp³-hybridized carbons (Fsp3) is 0.263. The van der Waals surface area contributed by atoms with E-state index in [-0.39, 0.29) is 10.8 Å². The molecule has 2 aromatic rings. The minimum atomic E-state index is -3.78. The second kappa shape index (κ2) is 7.79. The summed E-state index contributed by atoms with van der Waals surface area (Å²) in [5.74, 6) is -0.236. The van der Waals surface area contributed by atoms with Crippen LogP contribution in [0.5, 0.6) is 0 Å². The summed E-state index contributed by atoms with van der Waals surface area (Å²) in [6.45, 7) is 1.81. The van der Waals surface area contributed by atoms with E-state index in [2.05, 4.69) is 0 Å². The topological polar surface area (TPSA) is 78.0 Å². The molecule has 0 aromatic heterocycles. The SMILES string of the molecule is CN(c1ccccc1)S(=O)(=O)c1cccc(C(=O)N2CCN(C=O)CC2)c1. The summed E-state index contributed by atoms with van der Waals surface area (Å²) in [7, 11) is -2.30. The Balaban J connectivity index is 1.83. The molecule has 1 aliphatic rings. The van der Waals surface area contributed by atoms with E-state index in [4.69, 9.17) is 0 Å². The number of rotatable bonds is 5. The predicted octanol–water partition coefficient (Wildman–Crippen LogP) is 1.43. The van der Waals surface area contributed by atoms with Gasteiger partial charge in [0.05, 0.1) is 10.6 Å². The maximum Gasteiger partial charge on any atom is 0.264 e. The van der Waals surface area contributed by atoms with Crippen molar-refractivity contribution < 1.29 is 18.0 Å². The lowest BCUT2D eigenvalue weighted by Crippen LogP contribution is -2.48. The van der Waals surface area contributed by atoms with E-state index < -0.39 is 10.0 Å². The number of carbonyl (C=O) groups is 2. The monoisotopic (exact) mass is 387 g/mol. The summed E-state index contributed by atoms with van der Waals surface area (Å²) in [5.41, 5.74) is 0.858. The summed E-state index contributed by atoms with van der Waals surface area (Å²) in [6.07, 6.45) is 0.772. The molecule has 8 heteroatoms. The number of benzene rings is 2. The molecule has 1 aliphatic heterocycles. The fourth-order valence-electron chi connectivity index (χ4n) is 2.94. The first-order valence-electron chi connectivity index (χ1n) is 8.56. The van der Waals surface area contributed by atoms with Gasteiger partial charge in [-0.2, -0.15) is 0 Å². The number of piperazine rings is 1. The number of para-hydroxylation sites is 1. The largest absolute Gasteiger partial charge is 0.342 e. The molecule has 0 unspecified atom stereocenters. The average molecular weight is 387 g/mol. The van der Waals surface area contributed by atoms with Crippen molar-refractivity contribution in [1.82, 2.24) is 9.80 Å². The first-order chi connectivity index (χ1) is 12.9. The van der Waals surface area contributed by atoms with E-state index in [0.717, 1.165) is 6.41 Å². The molecule has 0 atom stereocenters. The van der Waals surface area contributed by atoms with Crippen molar-refractivity contribution in [2.24, 2.45) is 0 Å². The van der Waals surface area contributed by atoms with Crippen LogP contribution in [-0.2, 0) is 14.8 Å². The third kappa shape index (κ3) is 3.95. The molecule has 142 valence electrons. The fourth-order valence-corrected chi connectivity index (χ4v) is 4.18. The predicted molar refractivity (Wildman–Crippen MR) is 102 cm³/mol. The Labute approximate surface area is 158 Å².